The third-order valence-corrected chi connectivity index (χ3v) is 8.15. The first-order valence-corrected chi connectivity index (χ1v) is 9.58. The molecule has 3 fully saturated rings. The van der Waals surface area contributed by atoms with Crippen molar-refractivity contribution < 1.29 is 15.0 Å². The molecule has 24 heavy (non-hydrogen) atoms. The van der Waals surface area contributed by atoms with Crippen LogP contribution in [-0.4, -0.2) is 28.2 Å². The van der Waals surface area contributed by atoms with Gasteiger partial charge in [0.2, 0.25) is 0 Å². The van der Waals surface area contributed by atoms with Crippen LogP contribution in [0, 0.1) is 34.5 Å². The average Bonchev–Trinajstić information content (AvgIpc) is 2.84. The summed E-state index contributed by atoms with van der Waals surface area (Å²) < 4.78 is 0. The predicted octanol–water partition coefficient (Wildman–Crippen LogP) is 3.26. The van der Waals surface area contributed by atoms with E-state index in [4.69, 9.17) is 0 Å². The van der Waals surface area contributed by atoms with Crippen LogP contribution in [0.3, 0.4) is 0 Å². The van der Waals surface area contributed by atoms with E-state index in [0.29, 0.717) is 17.8 Å². The fourth-order valence-corrected chi connectivity index (χ4v) is 7.16. The number of fused-ring (bicyclic) bond motifs is 5. The van der Waals surface area contributed by atoms with Crippen molar-refractivity contribution >= 4 is 5.78 Å². The average molecular weight is 330 g/mol. The minimum absolute atomic E-state index is 0.0422. The van der Waals surface area contributed by atoms with Crippen molar-refractivity contribution in [1.29, 1.82) is 0 Å². The van der Waals surface area contributed by atoms with E-state index in [2.05, 4.69) is 19.9 Å². The second kappa shape index (κ2) is 5.28. The van der Waals surface area contributed by atoms with Gasteiger partial charge >= 0.3 is 0 Å². The van der Waals surface area contributed by atoms with E-state index in [1.807, 2.05) is 13.0 Å². The molecule has 0 amide bonds. The maximum Gasteiger partial charge on any atom is 0.178 e. The van der Waals surface area contributed by atoms with Crippen molar-refractivity contribution in [2.75, 3.05) is 0 Å². The highest BCUT2D eigenvalue weighted by molar-refractivity contribution is 6.01. The monoisotopic (exact) mass is 330 g/mol. The molecule has 0 aromatic rings. The van der Waals surface area contributed by atoms with Crippen LogP contribution in [0.25, 0.3) is 0 Å². The lowest BCUT2D eigenvalue weighted by molar-refractivity contribution is -0.127. The first-order valence-electron chi connectivity index (χ1n) is 9.58. The second-order valence-electron chi connectivity index (χ2n) is 9.22. The van der Waals surface area contributed by atoms with Gasteiger partial charge in [0, 0.05) is 11.3 Å². The molecular weight excluding hydrogens is 300 g/mol. The second-order valence-corrected chi connectivity index (χ2v) is 9.22. The molecule has 2 unspecified atom stereocenters. The third-order valence-electron chi connectivity index (χ3n) is 8.15. The van der Waals surface area contributed by atoms with E-state index in [1.165, 1.54) is 5.57 Å². The van der Waals surface area contributed by atoms with E-state index < -0.39 is 0 Å². The molecular formula is C21H30O3. The van der Waals surface area contributed by atoms with Gasteiger partial charge in [-0.05, 0) is 74.3 Å². The fraction of sp³-hybridized carbons (Fsp3) is 0.762. The highest BCUT2D eigenvalue weighted by Gasteiger charge is 2.61. The number of ketones is 1. The minimum Gasteiger partial charge on any atom is -0.393 e. The number of allylic oxidation sites excluding steroid dienone is 4. The van der Waals surface area contributed by atoms with Gasteiger partial charge in [-0.3, -0.25) is 4.79 Å². The molecule has 4 aliphatic carbocycles. The maximum atomic E-state index is 11.8. The van der Waals surface area contributed by atoms with Gasteiger partial charge in [-0.1, -0.05) is 25.5 Å². The Morgan fingerprint density at radius 3 is 2.71 bits per heavy atom. The first kappa shape index (κ1) is 16.5. The lowest BCUT2D eigenvalue weighted by atomic mass is 9.46. The molecule has 3 saturated carbocycles. The molecule has 132 valence electrons. The summed E-state index contributed by atoms with van der Waals surface area (Å²) in [6.07, 6.45) is 9.95. The Hall–Kier alpha value is -0.930. The van der Waals surface area contributed by atoms with Gasteiger partial charge in [0.25, 0.3) is 0 Å². The number of hydrogen-bond acceptors (Lipinski definition) is 3. The van der Waals surface area contributed by atoms with E-state index in [1.54, 1.807) is 6.08 Å². The van der Waals surface area contributed by atoms with Crippen LogP contribution in [0.5, 0.6) is 0 Å². The smallest absolute Gasteiger partial charge is 0.178 e. The molecule has 0 aromatic carbocycles. The standard InChI is InChI=1S/C21H30O3/c1-12(22)16-6-7-17-15-5-4-13-10-14(23)8-9-20(13,2)19(15)18(24)11-21(16,17)3/h8-10,12,15-19,22,24H,4-7,11H2,1-3H3/t12?,15-,16?,17-,18-,19+,20-,21+/m0/s1. The maximum absolute atomic E-state index is 11.8. The van der Waals surface area contributed by atoms with Crippen LogP contribution in [0.4, 0.5) is 0 Å². The van der Waals surface area contributed by atoms with Gasteiger partial charge in [-0.15, -0.1) is 0 Å². The van der Waals surface area contributed by atoms with Crippen LogP contribution in [-0.2, 0) is 4.79 Å². The normalized spacial score (nSPS) is 51.5. The molecule has 3 nitrogen and oxygen atoms in total. The van der Waals surface area contributed by atoms with E-state index >= 15 is 0 Å². The van der Waals surface area contributed by atoms with Crippen molar-refractivity contribution in [3.63, 3.8) is 0 Å². The number of carbonyl (C=O) groups excluding carboxylic acids is 1. The van der Waals surface area contributed by atoms with Crippen LogP contribution in [0.2, 0.25) is 0 Å². The number of aliphatic hydroxyl groups is 2. The largest absolute Gasteiger partial charge is 0.393 e. The Kier molecular flexibility index (Phi) is 3.64. The molecule has 2 N–H and O–H groups in total. The van der Waals surface area contributed by atoms with Gasteiger partial charge in [-0.2, -0.15) is 0 Å². The summed E-state index contributed by atoms with van der Waals surface area (Å²) in [6, 6.07) is 0. The minimum atomic E-state index is -0.359. The number of hydrogen-bond donors (Lipinski definition) is 2. The summed E-state index contributed by atoms with van der Waals surface area (Å²) >= 11 is 0. The lowest BCUT2D eigenvalue weighted by Crippen LogP contribution is -2.56. The predicted molar refractivity (Wildman–Crippen MR) is 93.2 cm³/mol. The van der Waals surface area contributed by atoms with Gasteiger partial charge in [-0.25, -0.2) is 0 Å². The third kappa shape index (κ3) is 2.07. The van der Waals surface area contributed by atoms with Crippen molar-refractivity contribution in [2.24, 2.45) is 34.5 Å². The summed E-state index contributed by atoms with van der Waals surface area (Å²) in [5.41, 5.74) is 1.07. The highest BCUT2D eigenvalue weighted by Crippen LogP contribution is 2.66. The summed E-state index contributed by atoms with van der Waals surface area (Å²) in [5.74, 6) is 1.66. The summed E-state index contributed by atoms with van der Waals surface area (Å²) in [6.45, 7) is 6.43. The lowest BCUT2D eigenvalue weighted by Gasteiger charge is -2.59. The SMILES string of the molecule is CC(O)C1CC[C@H]2[C@@H]3CCC4=CC(=O)C=C[C@]4(C)[C@H]3[C@@H](O)C[C@]12C. The Morgan fingerprint density at radius 1 is 1.25 bits per heavy atom. The van der Waals surface area contributed by atoms with Crippen LogP contribution in [0.15, 0.2) is 23.8 Å². The van der Waals surface area contributed by atoms with E-state index in [0.717, 1.165) is 32.1 Å². The number of carbonyl (C=O) groups is 1. The van der Waals surface area contributed by atoms with Gasteiger partial charge in [0.05, 0.1) is 12.2 Å². The molecule has 0 spiro atoms. The Bertz CT molecular complexity index is 619. The van der Waals surface area contributed by atoms with E-state index in [-0.39, 0.29) is 34.7 Å². The summed E-state index contributed by atoms with van der Waals surface area (Å²) in [5, 5.41) is 21.4. The van der Waals surface area contributed by atoms with Gasteiger partial charge in [0.15, 0.2) is 5.78 Å². The Labute approximate surface area is 144 Å². The van der Waals surface area contributed by atoms with Crippen molar-refractivity contribution in [3.8, 4) is 0 Å². The Balaban J connectivity index is 1.72. The first-order chi connectivity index (χ1) is 11.3. The van der Waals surface area contributed by atoms with E-state index in [9.17, 15) is 15.0 Å². The van der Waals surface area contributed by atoms with Crippen molar-refractivity contribution in [3.05, 3.63) is 23.8 Å². The highest BCUT2D eigenvalue weighted by atomic mass is 16.3. The summed E-state index contributed by atoms with van der Waals surface area (Å²) in [7, 11) is 0. The molecule has 0 aromatic heterocycles. The zero-order valence-electron chi connectivity index (χ0n) is 15.0. The zero-order valence-corrected chi connectivity index (χ0v) is 15.0. The van der Waals surface area contributed by atoms with Gasteiger partial charge in [0.1, 0.15) is 0 Å². The van der Waals surface area contributed by atoms with Crippen LogP contribution < -0.4 is 0 Å². The molecule has 0 heterocycles. The van der Waals surface area contributed by atoms with Crippen molar-refractivity contribution in [1.82, 2.24) is 0 Å². The topological polar surface area (TPSA) is 57.5 Å². The molecule has 0 aliphatic heterocycles. The summed E-state index contributed by atoms with van der Waals surface area (Å²) in [4.78, 5) is 11.8. The number of aliphatic hydroxyl groups excluding tert-OH is 2. The Morgan fingerprint density at radius 2 is 2.00 bits per heavy atom. The molecule has 0 radical (unpaired) electrons. The molecule has 4 aliphatic rings. The van der Waals surface area contributed by atoms with Crippen LogP contribution in [0.1, 0.15) is 52.9 Å². The van der Waals surface area contributed by atoms with Crippen LogP contribution >= 0.6 is 0 Å². The molecule has 4 rings (SSSR count). The molecule has 0 bridgehead atoms. The van der Waals surface area contributed by atoms with Crippen molar-refractivity contribution in [2.45, 2.75) is 65.1 Å². The number of rotatable bonds is 1. The molecule has 0 saturated heterocycles. The quantitative estimate of drug-likeness (QED) is 0.776. The molecule has 3 heteroatoms. The molecule has 8 atom stereocenters. The van der Waals surface area contributed by atoms with Gasteiger partial charge < -0.3 is 10.2 Å². The zero-order chi connectivity index (χ0) is 17.3. The fourth-order valence-electron chi connectivity index (χ4n) is 7.16.